The highest BCUT2D eigenvalue weighted by Crippen LogP contribution is 2.22. The minimum atomic E-state index is -0.915. The third kappa shape index (κ3) is 4.90. The van der Waals surface area contributed by atoms with Crippen LogP contribution in [0.25, 0.3) is 0 Å². The van der Waals surface area contributed by atoms with E-state index in [-0.39, 0.29) is 16.3 Å². The van der Waals surface area contributed by atoms with Gasteiger partial charge in [-0.1, -0.05) is 17.7 Å². The Labute approximate surface area is 155 Å². The molecule has 0 aliphatic carbocycles. The van der Waals surface area contributed by atoms with Gasteiger partial charge in [-0.3, -0.25) is 14.9 Å². The number of hydrogen-bond acceptors (Lipinski definition) is 5. The Morgan fingerprint density at radius 3 is 2.67 bits per heavy atom. The van der Waals surface area contributed by atoms with Crippen molar-refractivity contribution in [1.82, 2.24) is 0 Å². The molecule has 7 nitrogen and oxygen atoms in total. The molecule has 2 aromatic rings. The number of ether oxygens (including phenoxy) is 1. The zero-order valence-electron chi connectivity index (χ0n) is 12.0. The van der Waals surface area contributed by atoms with Crippen molar-refractivity contribution in [3.63, 3.8) is 0 Å². The van der Waals surface area contributed by atoms with Crippen LogP contribution in [0.3, 0.4) is 0 Å². The highest BCUT2D eigenvalue weighted by atomic mass is 127. The number of esters is 1. The Balaban J connectivity index is 1.99. The lowest BCUT2D eigenvalue weighted by molar-refractivity contribution is -0.384. The molecular formula is C15H10ClIN2O5. The molecule has 24 heavy (non-hydrogen) atoms. The number of anilines is 1. The smallest absolute Gasteiger partial charge is 0.340 e. The van der Waals surface area contributed by atoms with Gasteiger partial charge < -0.3 is 10.1 Å². The first kappa shape index (κ1) is 18.1. The van der Waals surface area contributed by atoms with Crippen molar-refractivity contribution >= 4 is 57.4 Å². The van der Waals surface area contributed by atoms with Crippen LogP contribution in [0, 0.1) is 13.7 Å². The number of nitro groups is 1. The van der Waals surface area contributed by atoms with Gasteiger partial charge in [0.2, 0.25) is 0 Å². The van der Waals surface area contributed by atoms with Crippen molar-refractivity contribution in [2.75, 3.05) is 11.9 Å². The third-order valence-corrected chi connectivity index (χ3v) is 3.82. The normalized spacial score (nSPS) is 10.1. The molecule has 0 fully saturated rings. The molecule has 0 aromatic heterocycles. The fourth-order valence-electron chi connectivity index (χ4n) is 1.76. The van der Waals surface area contributed by atoms with E-state index in [4.69, 9.17) is 16.3 Å². The topological polar surface area (TPSA) is 98.5 Å². The second-order valence-corrected chi connectivity index (χ2v) is 6.21. The number of halogens is 2. The summed E-state index contributed by atoms with van der Waals surface area (Å²) in [4.78, 5) is 33.8. The summed E-state index contributed by atoms with van der Waals surface area (Å²) < 4.78 is 5.78. The number of nitrogens with one attached hydrogen (secondary N) is 1. The van der Waals surface area contributed by atoms with Gasteiger partial charge >= 0.3 is 5.97 Å². The maximum absolute atomic E-state index is 11.9. The Hall–Kier alpha value is -2.20. The van der Waals surface area contributed by atoms with E-state index >= 15 is 0 Å². The Morgan fingerprint density at radius 2 is 2.00 bits per heavy atom. The summed E-state index contributed by atoms with van der Waals surface area (Å²) in [5.74, 6) is -1.45. The van der Waals surface area contributed by atoms with Gasteiger partial charge in [-0.25, -0.2) is 4.79 Å². The Bertz CT molecular complexity index is 812. The maximum atomic E-state index is 11.9. The molecule has 0 aliphatic rings. The van der Waals surface area contributed by atoms with E-state index in [1.54, 1.807) is 18.2 Å². The van der Waals surface area contributed by atoms with Crippen molar-refractivity contribution in [3.8, 4) is 0 Å². The van der Waals surface area contributed by atoms with Crippen molar-refractivity contribution < 1.29 is 19.2 Å². The monoisotopic (exact) mass is 460 g/mol. The number of benzene rings is 2. The first-order valence-electron chi connectivity index (χ1n) is 6.53. The zero-order chi connectivity index (χ0) is 17.7. The van der Waals surface area contributed by atoms with Crippen LogP contribution in [0.15, 0.2) is 42.5 Å². The highest BCUT2D eigenvalue weighted by Gasteiger charge is 2.18. The summed E-state index contributed by atoms with van der Waals surface area (Å²) in [5, 5.41) is 13.3. The summed E-state index contributed by atoms with van der Waals surface area (Å²) in [6.07, 6.45) is 0. The van der Waals surface area contributed by atoms with Crippen LogP contribution in [-0.4, -0.2) is 23.4 Å². The fourth-order valence-corrected chi connectivity index (χ4v) is 2.49. The number of rotatable bonds is 5. The van der Waals surface area contributed by atoms with Gasteiger partial charge in [0.1, 0.15) is 0 Å². The van der Waals surface area contributed by atoms with Gasteiger partial charge in [0.15, 0.2) is 6.61 Å². The van der Waals surface area contributed by atoms with E-state index in [9.17, 15) is 19.7 Å². The highest BCUT2D eigenvalue weighted by molar-refractivity contribution is 14.1. The molecule has 0 unspecified atom stereocenters. The van der Waals surface area contributed by atoms with Crippen LogP contribution in [-0.2, 0) is 9.53 Å². The van der Waals surface area contributed by atoms with Crippen LogP contribution < -0.4 is 5.32 Å². The summed E-state index contributed by atoms with van der Waals surface area (Å²) >= 11 is 7.93. The SMILES string of the molecule is O=C(COC(=O)c1cc([N+](=O)[O-])ccc1Cl)Nc1cccc(I)c1. The van der Waals surface area contributed by atoms with E-state index in [0.717, 1.165) is 9.64 Å². The molecule has 0 radical (unpaired) electrons. The second kappa shape index (κ2) is 8.06. The van der Waals surface area contributed by atoms with Crippen LogP contribution in [0.5, 0.6) is 0 Å². The van der Waals surface area contributed by atoms with Gasteiger partial charge in [0, 0.05) is 21.4 Å². The van der Waals surface area contributed by atoms with E-state index in [0.29, 0.717) is 5.69 Å². The van der Waals surface area contributed by atoms with Crippen molar-refractivity contribution in [2.24, 2.45) is 0 Å². The lowest BCUT2D eigenvalue weighted by Gasteiger charge is -2.08. The van der Waals surface area contributed by atoms with Gasteiger partial charge in [-0.2, -0.15) is 0 Å². The average molecular weight is 461 g/mol. The summed E-state index contributed by atoms with van der Waals surface area (Å²) in [5.41, 5.74) is 0.0962. The molecule has 0 aliphatic heterocycles. The summed E-state index contributed by atoms with van der Waals surface area (Å²) in [7, 11) is 0. The molecule has 124 valence electrons. The third-order valence-electron chi connectivity index (χ3n) is 2.82. The molecule has 2 rings (SSSR count). The number of hydrogen-bond donors (Lipinski definition) is 1. The van der Waals surface area contributed by atoms with Crippen molar-refractivity contribution in [1.29, 1.82) is 0 Å². The van der Waals surface area contributed by atoms with Gasteiger partial charge in [0.25, 0.3) is 11.6 Å². The molecule has 0 atom stereocenters. The standard InChI is InChI=1S/C15H10ClIN2O5/c16-13-5-4-11(19(22)23)7-12(13)15(21)24-8-14(20)18-10-3-1-2-9(17)6-10/h1-7H,8H2,(H,18,20). The lowest BCUT2D eigenvalue weighted by atomic mass is 10.2. The number of nitro benzene ring substituents is 1. The predicted molar refractivity (Wildman–Crippen MR) is 96.2 cm³/mol. The largest absolute Gasteiger partial charge is 0.452 e. The molecule has 0 saturated carbocycles. The van der Waals surface area contributed by atoms with Crippen LogP contribution in [0.4, 0.5) is 11.4 Å². The van der Waals surface area contributed by atoms with E-state index < -0.39 is 23.4 Å². The van der Waals surface area contributed by atoms with Gasteiger partial charge in [0.05, 0.1) is 15.5 Å². The fraction of sp³-hybridized carbons (Fsp3) is 0.0667. The lowest BCUT2D eigenvalue weighted by Crippen LogP contribution is -2.21. The molecular weight excluding hydrogens is 451 g/mol. The van der Waals surface area contributed by atoms with E-state index in [2.05, 4.69) is 27.9 Å². The first-order chi connectivity index (χ1) is 11.4. The minimum absolute atomic E-state index is 0.00335. The quantitative estimate of drug-likeness (QED) is 0.318. The summed E-state index contributed by atoms with van der Waals surface area (Å²) in [6.45, 7) is -0.538. The molecule has 0 bridgehead atoms. The minimum Gasteiger partial charge on any atom is -0.452 e. The van der Waals surface area contributed by atoms with Crippen LogP contribution >= 0.6 is 34.2 Å². The summed E-state index contributed by atoms with van der Waals surface area (Å²) in [6, 6.07) is 10.5. The van der Waals surface area contributed by atoms with E-state index in [1.807, 2.05) is 6.07 Å². The second-order valence-electron chi connectivity index (χ2n) is 4.56. The Kier molecular flexibility index (Phi) is 6.10. The van der Waals surface area contributed by atoms with Crippen molar-refractivity contribution in [3.05, 3.63) is 66.7 Å². The molecule has 9 heteroatoms. The molecule has 1 N–H and O–H groups in total. The molecule has 1 amide bonds. The maximum Gasteiger partial charge on any atom is 0.340 e. The average Bonchev–Trinajstić information content (AvgIpc) is 2.52. The number of carbonyl (C=O) groups is 2. The number of carbonyl (C=O) groups excluding carboxylic acids is 2. The molecule has 0 saturated heterocycles. The zero-order valence-corrected chi connectivity index (χ0v) is 14.9. The number of amides is 1. The molecule has 0 heterocycles. The molecule has 2 aromatic carbocycles. The number of non-ortho nitro benzene ring substituents is 1. The number of nitrogens with zero attached hydrogens (tertiary/aromatic N) is 1. The predicted octanol–water partition coefficient (Wildman–Crippen LogP) is 3.65. The van der Waals surface area contributed by atoms with E-state index in [1.165, 1.54) is 12.1 Å². The molecule has 0 spiro atoms. The van der Waals surface area contributed by atoms with Crippen LogP contribution in [0.1, 0.15) is 10.4 Å². The van der Waals surface area contributed by atoms with Crippen LogP contribution in [0.2, 0.25) is 5.02 Å². The first-order valence-corrected chi connectivity index (χ1v) is 7.99. The van der Waals surface area contributed by atoms with Gasteiger partial charge in [-0.05, 0) is 46.9 Å². The Morgan fingerprint density at radius 1 is 1.25 bits per heavy atom. The van der Waals surface area contributed by atoms with Crippen molar-refractivity contribution in [2.45, 2.75) is 0 Å². The van der Waals surface area contributed by atoms with Gasteiger partial charge in [-0.15, -0.1) is 0 Å².